The predicted molar refractivity (Wildman–Crippen MR) is 52.5 cm³/mol. The van der Waals surface area contributed by atoms with Crippen molar-refractivity contribution < 1.29 is 19.1 Å². The summed E-state index contributed by atoms with van der Waals surface area (Å²) >= 11 is 0. The first kappa shape index (κ1) is 13.0. The molecule has 1 aromatic rings. The molecule has 0 saturated carbocycles. The van der Waals surface area contributed by atoms with Gasteiger partial charge in [0.05, 0.1) is 0 Å². The number of carboxylic acids is 1. The van der Waals surface area contributed by atoms with E-state index in [0.29, 0.717) is 0 Å². The Bertz CT molecular complexity index is 383. The van der Waals surface area contributed by atoms with Gasteiger partial charge in [-0.3, -0.25) is 4.79 Å². The largest absolute Gasteiger partial charge is 0.479 e. The number of aliphatic carboxylic acids is 1. The Labute approximate surface area is 95.8 Å². The van der Waals surface area contributed by atoms with Crippen LogP contribution in [0.5, 0.6) is 0 Å². The molecular formula is C8H12FN5O3. The molecule has 2 unspecified atom stereocenters. The minimum atomic E-state index is -2.00. The number of alkyl halides is 1. The van der Waals surface area contributed by atoms with Crippen molar-refractivity contribution in [2.24, 2.45) is 5.92 Å². The molecule has 8 nitrogen and oxygen atoms in total. The minimum absolute atomic E-state index is 0.0685. The van der Waals surface area contributed by atoms with E-state index in [1.54, 1.807) is 0 Å². The highest BCUT2D eigenvalue weighted by Gasteiger charge is 2.24. The summed E-state index contributed by atoms with van der Waals surface area (Å²) in [4.78, 5) is 22.7. The van der Waals surface area contributed by atoms with Crippen LogP contribution >= 0.6 is 0 Å². The van der Waals surface area contributed by atoms with Crippen molar-refractivity contribution in [3.05, 3.63) is 6.33 Å². The fourth-order valence-corrected chi connectivity index (χ4v) is 1.07. The molecule has 0 fully saturated rings. The van der Waals surface area contributed by atoms with Gasteiger partial charge in [-0.2, -0.15) is 4.80 Å². The average Bonchev–Trinajstić information content (AvgIpc) is 2.77. The summed E-state index contributed by atoms with van der Waals surface area (Å²) in [5.41, 5.74) is 0. The maximum absolute atomic E-state index is 13.0. The summed E-state index contributed by atoms with van der Waals surface area (Å²) in [5.74, 6) is -2.78. The van der Waals surface area contributed by atoms with Gasteiger partial charge >= 0.3 is 5.97 Å². The minimum Gasteiger partial charge on any atom is -0.479 e. The summed E-state index contributed by atoms with van der Waals surface area (Å²) in [6.45, 7) is 1.19. The second-order valence-electron chi connectivity index (χ2n) is 3.49. The average molecular weight is 245 g/mol. The van der Waals surface area contributed by atoms with Crippen molar-refractivity contribution >= 4 is 11.9 Å². The number of carboxylic acid groups (broad SMARTS) is 1. The van der Waals surface area contributed by atoms with Crippen LogP contribution in [0.25, 0.3) is 0 Å². The van der Waals surface area contributed by atoms with Gasteiger partial charge in [0.2, 0.25) is 12.1 Å². The molecule has 1 aromatic heterocycles. The molecule has 2 N–H and O–H groups in total. The van der Waals surface area contributed by atoms with Gasteiger partial charge in [-0.25, -0.2) is 9.18 Å². The van der Waals surface area contributed by atoms with Crippen LogP contribution in [0.2, 0.25) is 0 Å². The Morgan fingerprint density at radius 2 is 2.29 bits per heavy atom. The number of aromatic nitrogens is 4. The number of nitrogens with one attached hydrogen (secondary N) is 1. The molecule has 0 saturated heterocycles. The SMILES string of the molecule is CC(CNC(=O)Cn1ncnn1)C(F)C(=O)O. The van der Waals surface area contributed by atoms with Crippen LogP contribution in [0.4, 0.5) is 4.39 Å². The fourth-order valence-electron chi connectivity index (χ4n) is 1.07. The van der Waals surface area contributed by atoms with Crippen molar-refractivity contribution in [1.29, 1.82) is 0 Å². The molecule has 1 rings (SSSR count). The van der Waals surface area contributed by atoms with Gasteiger partial charge in [-0.15, -0.1) is 10.2 Å². The second-order valence-corrected chi connectivity index (χ2v) is 3.49. The first-order valence-electron chi connectivity index (χ1n) is 4.85. The van der Waals surface area contributed by atoms with Crippen molar-refractivity contribution in [2.45, 2.75) is 19.6 Å². The van der Waals surface area contributed by atoms with E-state index in [0.717, 1.165) is 4.80 Å². The van der Waals surface area contributed by atoms with Gasteiger partial charge in [0, 0.05) is 12.5 Å². The molecule has 2 atom stereocenters. The highest BCUT2D eigenvalue weighted by atomic mass is 19.1. The number of halogens is 1. The van der Waals surface area contributed by atoms with Crippen LogP contribution in [-0.4, -0.2) is 49.9 Å². The number of carbonyl (C=O) groups is 2. The fraction of sp³-hybridized carbons (Fsp3) is 0.625. The van der Waals surface area contributed by atoms with E-state index in [4.69, 9.17) is 5.11 Å². The molecule has 94 valence electrons. The molecule has 0 radical (unpaired) electrons. The molecule has 0 aliphatic heterocycles. The van der Waals surface area contributed by atoms with Crippen molar-refractivity contribution in [2.75, 3.05) is 6.54 Å². The zero-order valence-corrected chi connectivity index (χ0v) is 9.08. The molecule has 17 heavy (non-hydrogen) atoms. The van der Waals surface area contributed by atoms with Crippen LogP contribution < -0.4 is 5.32 Å². The Balaban J connectivity index is 2.31. The van der Waals surface area contributed by atoms with Crippen LogP contribution in [0, 0.1) is 5.92 Å². The molecular weight excluding hydrogens is 233 g/mol. The maximum atomic E-state index is 13.0. The summed E-state index contributed by atoms with van der Waals surface area (Å²) in [6.07, 6.45) is -0.822. The monoisotopic (exact) mass is 245 g/mol. The number of hydrogen-bond donors (Lipinski definition) is 2. The molecule has 0 aliphatic carbocycles. The predicted octanol–water partition coefficient (Wildman–Crippen LogP) is -1.15. The number of nitrogens with zero attached hydrogens (tertiary/aromatic N) is 4. The van der Waals surface area contributed by atoms with Gasteiger partial charge in [0.15, 0.2) is 6.33 Å². The smallest absolute Gasteiger partial charge is 0.338 e. The Hall–Kier alpha value is -2.06. The van der Waals surface area contributed by atoms with E-state index < -0.39 is 24.0 Å². The quantitative estimate of drug-likeness (QED) is 0.654. The number of tetrazole rings is 1. The molecule has 0 bridgehead atoms. The number of amides is 1. The van der Waals surface area contributed by atoms with Crippen molar-refractivity contribution in [3.63, 3.8) is 0 Å². The normalized spacial score (nSPS) is 14.0. The van der Waals surface area contributed by atoms with E-state index in [9.17, 15) is 14.0 Å². The summed E-state index contributed by atoms with van der Waals surface area (Å²) in [5, 5.41) is 21.3. The Morgan fingerprint density at radius 3 is 2.82 bits per heavy atom. The van der Waals surface area contributed by atoms with Gasteiger partial charge in [-0.05, 0) is 5.21 Å². The molecule has 0 aromatic carbocycles. The van der Waals surface area contributed by atoms with Gasteiger partial charge in [0.1, 0.15) is 6.54 Å². The standard InChI is InChI=1S/C8H12FN5O3/c1-5(7(9)8(16)17)2-10-6(15)3-14-12-4-11-13-14/h4-5,7H,2-3H2,1H3,(H,10,15)(H,16,17). The highest BCUT2D eigenvalue weighted by molar-refractivity contribution is 5.76. The van der Waals surface area contributed by atoms with Crippen LogP contribution in [-0.2, 0) is 16.1 Å². The lowest BCUT2D eigenvalue weighted by Crippen LogP contribution is -2.36. The number of carbonyl (C=O) groups excluding carboxylic acids is 1. The molecule has 0 aliphatic rings. The lowest BCUT2D eigenvalue weighted by atomic mass is 10.1. The van der Waals surface area contributed by atoms with Gasteiger partial charge in [-0.1, -0.05) is 6.92 Å². The zero-order valence-electron chi connectivity index (χ0n) is 9.08. The molecule has 1 amide bonds. The molecule has 9 heteroatoms. The van der Waals surface area contributed by atoms with Crippen molar-refractivity contribution in [1.82, 2.24) is 25.5 Å². The van der Waals surface area contributed by atoms with Crippen molar-refractivity contribution in [3.8, 4) is 0 Å². The van der Waals surface area contributed by atoms with E-state index in [1.165, 1.54) is 13.3 Å². The zero-order chi connectivity index (χ0) is 12.8. The second kappa shape index (κ2) is 5.87. The lowest BCUT2D eigenvalue weighted by molar-refractivity contribution is -0.144. The maximum Gasteiger partial charge on any atom is 0.338 e. The van der Waals surface area contributed by atoms with E-state index >= 15 is 0 Å². The van der Waals surface area contributed by atoms with Crippen LogP contribution in [0.3, 0.4) is 0 Å². The third kappa shape index (κ3) is 4.13. The van der Waals surface area contributed by atoms with Crippen LogP contribution in [0.1, 0.15) is 6.92 Å². The topological polar surface area (TPSA) is 110 Å². The van der Waals surface area contributed by atoms with Gasteiger partial charge in [0.25, 0.3) is 0 Å². The number of rotatable bonds is 6. The summed E-state index contributed by atoms with van der Waals surface area (Å²) < 4.78 is 13.0. The van der Waals surface area contributed by atoms with Gasteiger partial charge < -0.3 is 10.4 Å². The molecule has 1 heterocycles. The third-order valence-electron chi connectivity index (χ3n) is 2.03. The first-order chi connectivity index (χ1) is 8.00. The Morgan fingerprint density at radius 1 is 1.59 bits per heavy atom. The first-order valence-corrected chi connectivity index (χ1v) is 4.85. The third-order valence-corrected chi connectivity index (χ3v) is 2.03. The lowest BCUT2D eigenvalue weighted by Gasteiger charge is -2.13. The number of hydrogen-bond acceptors (Lipinski definition) is 5. The van der Waals surface area contributed by atoms with E-state index in [2.05, 4.69) is 20.7 Å². The van der Waals surface area contributed by atoms with E-state index in [-0.39, 0.29) is 13.1 Å². The highest BCUT2D eigenvalue weighted by Crippen LogP contribution is 2.06. The molecule has 0 spiro atoms. The van der Waals surface area contributed by atoms with E-state index in [1.807, 2.05) is 0 Å². The van der Waals surface area contributed by atoms with Crippen LogP contribution in [0.15, 0.2) is 6.33 Å². The summed E-state index contributed by atoms with van der Waals surface area (Å²) in [7, 11) is 0. The Kier molecular flexibility index (Phi) is 4.49. The summed E-state index contributed by atoms with van der Waals surface area (Å²) in [6, 6.07) is 0.